The maximum absolute atomic E-state index is 11.9. The van der Waals surface area contributed by atoms with E-state index in [4.69, 9.17) is 15.2 Å². The molecule has 0 spiro atoms. The van der Waals surface area contributed by atoms with E-state index >= 15 is 0 Å². The summed E-state index contributed by atoms with van der Waals surface area (Å²) in [5.74, 6) is 1.15. The molecule has 25 heavy (non-hydrogen) atoms. The van der Waals surface area contributed by atoms with Gasteiger partial charge in [-0.3, -0.25) is 4.79 Å². The fraction of sp³-hybridized carbons (Fsp3) is 0.176. The predicted octanol–water partition coefficient (Wildman–Crippen LogP) is 1.95. The van der Waals surface area contributed by atoms with Gasteiger partial charge >= 0.3 is 0 Å². The molecular weight excluding hydrogens is 358 g/mol. The Balaban J connectivity index is 1.59. The average Bonchev–Trinajstić information content (AvgIpc) is 3.31. The Morgan fingerprint density at radius 1 is 1.28 bits per heavy atom. The van der Waals surface area contributed by atoms with Crippen LogP contribution in [-0.2, 0) is 6.42 Å². The van der Waals surface area contributed by atoms with Crippen molar-refractivity contribution in [1.29, 1.82) is 0 Å². The molecule has 0 saturated heterocycles. The molecule has 0 radical (unpaired) electrons. The smallest absolute Gasteiger partial charge is 0.259 e. The number of hydrogen-bond donors (Lipinski definition) is 2. The normalized spacial score (nSPS) is 17.0. The van der Waals surface area contributed by atoms with Crippen LogP contribution in [0.2, 0.25) is 0 Å². The molecular formula is C17H14N3O3S2+. The number of ether oxygens (including phenoxy) is 2. The van der Waals surface area contributed by atoms with Crippen molar-refractivity contribution in [2.24, 2.45) is 10.8 Å². The molecule has 0 fully saturated rings. The van der Waals surface area contributed by atoms with Crippen molar-refractivity contribution in [1.82, 2.24) is 0 Å². The molecule has 1 amide bonds. The number of primary amides is 1. The number of nitrogens with zero attached hydrogens (tertiary/aromatic N) is 1. The summed E-state index contributed by atoms with van der Waals surface area (Å²) >= 11 is 3.09. The maximum atomic E-state index is 11.9. The SMILES string of the molecule is NC(=O)c1sc(Sc2ccc3c(c2)OCO3)c2c1CCC1=C2[NH2+]N=C1. The van der Waals surface area contributed by atoms with Gasteiger partial charge in [0.15, 0.2) is 17.2 Å². The zero-order valence-corrected chi connectivity index (χ0v) is 14.7. The van der Waals surface area contributed by atoms with Crippen molar-refractivity contribution in [3.63, 3.8) is 0 Å². The third-order valence-corrected chi connectivity index (χ3v) is 6.87. The number of hydrogen-bond acceptors (Lipinski definition) is 6. The Labute approximate surface area is 151 Å². The van der Waals surface area contributed by atoms with Crippen LogP contribution >= 0.6 is 23.1 Å². The summed E-state index contributed by atoms with van der Waals surface area (Å²) in [7, 11) is 0. The Hall–Kier alpha value is -2.29. The van der Waals surface area contributed by atoms with Gasteiger partial charge in [-0.05, 0) is 36.6 Å². The summed E-state index contributed by atoms with van der Waals surface area (Å²) in [5, 5.41) is 4.29. The fourth-order valence-electron chi connectivity index (χ4n) is 3.31. The number of rotatable bonds is 3. The van der Waals surface area contributed by atoms with Gasteiger partial charge in [-0.25, -0.2) is 0 Å². The Kier molecular flexibility index (Phi) is 3.37. The van der Waals surface area contributed by atoms with E-state index in [0.29, 0.717) is 4.88 Å². The lowest BCUT2D eigenvalue weighted by atomic mass is 9.92. The molecule has 2 aromatic rings. The van der Waals surface area contributed by atoms with Gasteiger partial charge < -0.3 is 15.2 Å². The van der Waals surface area contributed by atoms with Crippen LogP contribution in [0.25, 0.3) is 5.70 Å². The van der Waals surface area contributed by atoms with E-state index in [9.17, 15) is 4.79 Å². The highest BCUT2D eigenvalue weighted by atomic mass is 32.2. The summed E-state index contributed by atoms with van der Waals surface area (Å²) in [6.45, 7) is 0.256. The Bertz CT molecular complexity index is 978. The van der Waals surface area contributed by atoms with E-state index in [2.05, 4.69) is 5.10 Å². The molecule has 6 nitrogen and oxygen atoms in total. The van der Waals surface area contributed by atoms with E-state index in [1.807, 2.05) is 29.8 Å². The molecule has 1 aromatic heterocycles. The largest absolute Gasteiger partial charge is 0.454 e. The number of thiophene rings is 1. The molecule has 5 rings (SSSR count). The minimum atomic E-state index is -0.359. The number of nitrogens with two attached hydrogens (primary N) is 2. The van der Waals surface area contributed by atoms with Crippen molar-refractivity contribution in [2.75, 3.05) is 6.79 Å². The summed E-state index contributed by atoms with van der Waals surface area (Å²) in [6.07, 6.45) is 3.63. The first-order valence-corrected chi connectivity index (χ1v) is 9.47. The third-order valence-electron chi connectivity index (χ3n) is 4.45. The molecule has 0 atom stereocenters. The zero-order valence-electron chi connectivity index (χ0n) is 13.1. The van der Waals surface area contributed by atoms with Gasteiger partial charge in [0, 0.05) is 10.5 Å². The number of quaternary nitrogens is 1. The second-order valence-corrected chi connectivity index (χ2v) is 8.26. The van der Waals surface area contributed by atoms with Gasteiger partial charge in [0.05, 0.1) is 20.9 Å². The molecule has 0 bridgehead atoms. The number of allylic oxidation sites excluding steroid dienone is 1. The molecule has 0 unspecified atom stereocenters. The monoisotopic (exact) mass is 372 g/mol. The van der Waals surface area contributed by atoms with Crippen LogP contribution in [0.1, 0.15) is 27.2 Å². The van der Waals surface area contributed by atoms with Crippen molar-refractivity contribution in [3.05, 3.63) is 39.8 Å². The lowest BCUT2D eigenvalue weighted by molar-refractivity contribution is -0.565. The predicted molar refractivity (Wildman–Crippen MR) is 95.2 cm³/mol. The maximum Gasteiger partial charge on any atom is 0.259 e. The molecule has 0 saturated carbocycles. The molecule has 1 aliphatic carbocycles. The van der Waals surface area contributed by atoms with Crippen LogP contribution in [0.15, 0.2) is 38.0 Å². The lowest BCUT2D eigenvalue weighted by Gasteiger charge is -2.13. The number of amides is 1. The van der Waals surface area contributed by atoms with Gasteiger partial charge in [0.1, 0.15) is 0 Å². The fourth-order valence-corrected chi connectivity index (χ4v) is 5.81. The minimum Gasteiger partial charge on any atom is -0.454 e. The van der Waals surface area contributed by atoms with Gasteiger partial charge in [0.25, 0.3) is 5.91 Å². The zero-order chi connectivity index (χ0) is 17.0. The minimum absolute atomic E-state index is 0.256. The highest BCUT2D eigenvalue weighted by molar-refractivity contribution is 8.01. The van der Waals surface area contributed by atoms with Gasteiger partial charge in [-0.2, -0.15) is 5.43 Å². The van der Waals surface area contributed by atoms with Gasteiger partial charge in [0.2, 0.25) is 6.79 Å². The molecule has 3 aliphatic rings. The Morgan fingerprint density at radius 3 is 3.04 bits per heavy atom. The molecule has 3 heterocycles. The molecule has 4 N–H and O–H groups in total. The number of carbonyl (C=O) groups is 1. The summed E-state index contributed by atoms with van der Waals surface area (Å²) in [6, 6.07) is 5.88. The second-order valence-electron chi connectivity index (χ2n) is 5.90. The van der Waals surface area contributed by atoms with E-state index < -0.39 is 0 Å². The van der Waals surface area contributed by atoms with Gasteiger partial charge in [-0.1, -0.05) is 16.9 Å². The molecule has 1 aromatic carbocycles. The van der Waals surface area contributed by atoms with E-state index in [1.54, 1.807) is 11.8 Å². The van der Waals surface area contributed by atoms with E-state index in [1.165, 1.54) is 16.9 Å². The van der Waals surface area contributed by atoms with Crippen molar-refractivity contribution < 1.29 is 19.7 Å². The standard InChI is InChI=1S/C17H13N3O3S2/c18-16(21)15-10-3-1-8-6-19-20-14(8)13(10)17(25-15)24-9-2-4-11-12(5-9)23-7-22-11/h2,4-6H,1,3,7H2,(H2,18,21)(H,19,20)/p+1. The third kappa shape index (κ3) is 2.37. The van der Waals surface area contributed by atoms with Crippen LogP contribution in [0.4, 0.5) is 0 Å². The van der Waals surface area contributed by atoms with Gasteiger partial charge in [-0.15, -0.1) is 11.3 Å². The van der Waals surface area contributed by atoms with Crippen LogP contribution < -0.4 is 20.6 Å². The number of benzene rings is 1. The van der Waals surface area contributed by atoms with E-state index in [-0.39, 0.29) is 12.7 Å². The first kappa shape index (κ1) is 15.0. The first-order valence-electron chi connectivity index (χ1n) is 7.83. The van der Waals surface area contributed by atoms with Crippen molar-refractivity contribution >= 4 is 40.9 Å². The van der Waals surface area contributed by atoms with Crippen LogP contribution in [0, 0.1) is 0 Å². The number of fused-ring (bicyclic) bond motifs is 3. The quantitative estimate of drug-likeness (QED) is 0.806. The molecule has 8 heteroatoms. The topological polar surface area (TPSA) is 90.5 Å². The number of carbonyl (C=O) groups excluding carboxylic acids is 1. The Morgan fingerprint density at radius 2 is 2.16 bits per heavy atom. The average molecular weight is 372 g/mol. The van der Waals surface area contributed by atoms with E-state index in [0.717, 1.165) is 50.3 Å². The van der Waals surface area contributed by atoms with Crippen LogP contribution in [-0.4, -0.2) is 18.9 Å². The summed E-state index contributed by atoms with van der Waals surface area (Å²) < 4.78 is 11.9. The lowest BCUT2D eigenvalue weighted by Crippen LogP contribution is -2.73. The van der Waals surface area contributed by atoms with Crippen molar-refractivity contribution in [2.45, 2.75) is 21.9 Å². The van der Waals surface area contributed by atoms with Crippen LogP contribution in [0.5, 0.6) is 11.5 Å². The van der Waals surface area contributed by atoms with Crippen molar-refractivity contribution in [3.8, 4) is 11.5 Å². The first-order chi connectivity index (χ1) is 12.2. The highest BCUT2D eigenvalue weighted by Gasteiger charge is 2.33. The molecule has 2 aliphatic heterocycles. The van der Waals surface area contributed by atoms with Crippen LogP contribution in [0.3, 0.4) is 0 Å². The second kappa shape index (κ2) is 5.62. The highest BCUT2D eigenvalue weighted by Crippen LogP contribution is 2.47. The summed E-state index contributed by atoms with van der Waals surface area (Å²) in [4.78, 5) is 13.6. The summed E-state index contributed by atoms with van der Waals surface area (Å²) in [5.41, 5.74) is 12.0. The molecule has 126 valence electrons.